The fourth-order valence-electron chi connectivity index (χ4n) is 8.86. The van der Waals surface area contributed by atoms with E-state index in [-0.39, 0.29) is 17.5 Å². The van der Waals surface area contributed by atoms with Crippen molar-refractivity contribution < 1.29 is 19.4 Å². The topological polar surface area (TPSA) is 107 Å². The number of carbonyl (C=O) groups is 2. The average molecular weight is 782 g/mol. The van der Waals surface area contributed by atoms with Crippen molar-refractivity contribution in [2.75, 3.05) is 31.1 Å². The summed E-state index contributed by atoms with van der Waals surface area (Å²) < 4.78 is 12.5. The normalized spacial score (nSPS) is 17.2. The molecule has 2 unspecified atom stereocenters. The van der Waals surface area contributed by atoms with Gasteiger partial charge in [0.1, 0.15) is 11.4 Å². The van der Waals surface area contributed by atoms with Crippen LogP contribution in [0, 0.1) is 33.6 Å². The van der Waals surface area contributed by atoms with Crippen LogP contribution in [-0.4, -0.2) is 62.1 Å². The zero-order valence-corrected chi connectivity index (χ0v) is 33.6. The molecular formula is C43H46Cl2N6O4. The van der Waals surface area contributed by atoms with Gasteiger partial charge in [-0.05, 0) is 126 Å². The molecule has 0 saturated carbocycles. The number of aryl methyl sites for hydroxylation is 5. The molecule has 0 spiro atoms. The molecule has 0 aliphatic carbocycles. The first-order valence-corrected chi connectivity index (χ1v) is 19.7. The Morgan fingerprint density at radius 2 is 1.80 bits per heavy atom. The van der Waals surface area contributed by atoms with Gasteiger partial charge >= 0.3 is 5.97 Å². The van der Waals surface area contributed by atoms with Gasteiger partial charge in [0.2, 0.25) is 0 Å². The highest BCUT2D eigenvalue weighted by atomic mass is 35.5. The molecule has 2 aliphatic rings. The third-order valence-corrected chi connectivity index (χ3v) is 12.5. The van der Waals surface area contributed by atoms with E-state index >= 15 is 4.79 Å². The molecule has 12 heteroatoms. The number of benzene rings is 3. The second-order valence-electron chi connectivity index (χ2n) is 15.3. The van der Waals surface area contributed by atoms with E-state index < -0.39 is 5.97 Å². The van der Waals surface area contributed by atoms with E-state index in [0.29, 0.717) is 42.6 Å². The number of rotatable bonds is 10. The molecule has 2 aliphatic heterocycles. The Balaban J connectivity index is 1.26. The van der Waals surface area contributed by atoms with Crippen molar-refractivity contribution in [1.82, 2.24) is 24.2 Å². The summed E-state index contributed by atoms with van der Waals surface area (Å²) in [4.78, 5) is 29.3. The minimum absolute atomic E-state index is 0.127. The van der Waals surface area contributed by atoms with E-state index in [4.69, 9.17) is 33.0 Å². The van der Waals surface area contributed by atoms with Crippen molar-refractivity contribution in [3.63, 3.8) is 0 Å². The van der Waals surface area contributed by atoms with Crippen molar-refractivity contribution in [3.05, 3.63) is 98.0 Å². The highest BCUT2D eigenvalue weighted by Gasteiger charge is 2.38. The van der Waals surface area contributed by atoms with E-state index in [0.717, 1.165) is 104 Å². The second kappa shape index (κ2) is 14.4. The van der Waals surface area contributed by atoms with Crippen molar-refractivity contribution in [2.45, 2.75) is 66.5 Å². The molecule has 2 atom stereocenters. The van der Waals surface area contributed by atoms with Crippen LogP contribution in [0.3, 0.4) is 0 Å². The smallest absolute Gasteiger partial charge is 0.335 e. The molecule has 1 fully saturated rings. The summed E-state index contributed by atoms with van der Waals surface area (Å²) in [6.07, 6.45) is 4.36. The van der Waals surface area contributed by atoms with Gasteiger partial charge in [-0.25, -0.2) is 4.79 Å². The highest BCUT2D eigenvalue weighted by molar-refractivity contribution is 6.35. The van der Waals surface area contributed by atoms with Crippen molar-refractivity contribution >= 4 is 62.6 Å². The molecule has 3 aromatic heterocycles. The minimum atomic E-state index is -1.00. The zero-order chi connectivity index (χ0) is 38.9. The first-order valence-electron chi connectivity index (χ1n) is 19.0. The van der Waals surface area contributed by atoms with E-state index in [1.165, 1.54) is 0 Å². The van der Waals surface area contributed by atoms with Crippen molar-refractivity contribution in [1.29, 1.82) is 0 Å². The predicted octanol–water partition coefficient (Wildman–Crippen LogP) is 9.08. The minimum Gasteiger partial charge on any atom is -0.494 e. The number of fused-ring (bicyclic) bond motifs is 4. The van der Waals surface area contributed by atoms with Crippen LogP contribution in [0.2, 0.25) is 10.0 Å². The van der Waals surface area contributed by atoms with Crippen LogP contribution in [0.4, 0.5) is 5.69 Å². The van der Waals surface area contributed by atoms with Crippen LogP contribution < -0.4 is 15.0 Å². The SMILES string of the molecule is Cc1cc(OCCCc2c3n(c4c(-c5c(C)nn(C)c5C)c(Cl)ccc24)C(C)CN(c2cn(CC4CCNC4)c4ccc(C(=O)O)cc24)C3=O)cc(C)c1Cl. The molecule has 2 N–H and O–H groups in total. The van der Waals surface area contributed by atoms with Gasteiger partial charge < -0.3 is 29.2 Å². The molecule has 0 bridgehead atoms. The van der Waals surface area contributed by atoms with Crippen LogP contribution in [0.1, 0.15) is 74.7 Å². The molecule has 0 radical (unpaired) electrons. The van der Waals surface area contributed by atoms with Gasteiger partial charge in [-0.1, -0.05) is 29.3 Å². The highest BCUT2D eigenvalue weighted by Crippen LogP contribution is 2.46. The van der Waals surface area contributed by atoms with Gasteiger partial charge in [-0.3, -0.25) is 9.48 Å². The molecule has 3 aromatic carbocycles. The van der Waals surface area contributed by atoms with Gasteiger partial charge in [-0.15, -0.1) is 0 Å². The van der Waals surface area contributed by atoms with Crippen molar-refractivity contribution in [3.8, 4) is 16.9 Å². The Morgan fingerprint density at radius 3 is 2.47 bits per heavy atom. The number of carboxylic acid groups (broad SMARTS) is 1. The summed E-state index contributed by atoms with van der Waals surface area (Å²) in [5.74, 6) is 0.0791. The Labute approximate surface area is 330 Å². The van der Waals surface area contributed by atoms with E-state index in [1.807, 2.05) is 80.9 Å². The predicted molar refractivity (Wildman–Crippen MR) is 220 cm³/mol. The van der Waals surface area contributed by atoms with E-state index in [9.17, 15) is 9.90 Å². The zero-order valence-electron chi connectivity index (χ0n) is 32.1. The molecule has 5 heterocycles. The molecule has 1 amide bonds. The van der Waals surface area contributed by atoms with Crippen LogP contribution in [0.5, 0.6) is 5.75 Å². The molecule has 8 rings (SSSR count). The maximum Gasteiger partial charge on any atom is 0.335 e. The molecule has 55 heavy (non-hydrogen) atoms. The quantitative estimate of drug-likeness (QED) is 0.134. The number of hydrogen-bond donors (Lipinski definition) is 2. The Kier molecular flexibility index (Phi) is 9.72. The van der Waals surface area contributed by atoms with Crippen LogP contribution in [0.25, 0.3) is 32.9 Å². The largest absolute Gasteiger partial charge is 0.494 e. The lowest BCUT2D eigenvalue weighted by molar-refractivity contribution is 0.0696. The lowest BCUT2D eigenvalue weighted by atomic mass is 9.98. The van der Waals surface area contributed by atoms with Crippen LogP contribution >= 0.6 is 23.2 Å². The number of carboxylic acids is 1. The van der Waals surface area contributed by atoms with Gasteiger partial charge in [0.25, 0.3) is 5.91 Å². The number of carbonyl (C=O) groups excluding carboxylic acids is 1. The first-order chi connectivity index (χ1) is 26.3. The number of ether oxygens (including phenoxy) is 1. The third kappa shape index (κ3) is 6.38. The molecule has 6 aromatic rings. The fourth-order valence-corrected chi connectivity index (χ4v) is 9.22. The van der Waals surface area contributed by atoms with Crippen LogP contribution in [-0.2, 0) is 20.0 Å². The molecule has 10 nitrogen and oxygen atoms in total. The maximum atomic E-state index is 15.3. The maximum absolute atomic E-state index is 15.3. The standard InChI is InChI=1S/C43H46Cl2N6O4/c1-23-16-30(17-24(2)39(23)45)55-15-7-8-31-32-10-11-34(44)38(37-26(4)47-48(6)27(37)5)40(32)51-25(3)20-50(42(52)41(31)51)36-22-49(21-28-13-14-46-19-28)35-12-9-29(43(53)54)18-33(35)36/h9-12,16-18,22,25,28,46H,7-8,13-15,19-21H2,1-6H3,(H,53,54). The molecule has 286 valence electrons. The summed E-state index contributed by atoms with van der Waals surface area (Å²) in [5.41, 5.74) is 9.92. The van der Waals surface area contributed by atoms with Gasteiger partial charge in [0, 0.05) is 65.0 Å². The van der Waals surface area contributed by atoms with Gasteiger partial charge in [0.15, 0.2) is 0 Å². The van der Waals surface area contributed by atoms with Gasteiger partial charge in [0.05, 0.1) is 39.6 Å². The number of nitrogens with one attached hydrogen (secondary N) is 1. The van der Waals surface area contributed by atoms with E-state index in [1.54, 1.807) is 12.1 Å². The monoisotopic (exact) mass is 780 g/mol. The van der Waals surface area contributed by atoms with E-state index in [2.05, 4.69) is 21.4 Å². The molecular weight excluding hydrogens is 735 g/mol. The Hall–Kier alpha value is -4.77. The number of halogens is 2. The number of anilines is 1. The summed E-state index contributed by atoms with van der Waals surface area (Å²) in [6, 6.07) is 13.0. The summed E-state index contributed by atoms with van der Waals surface area (Å²) in [5, 5.41) is 21.2. The number of aromatic carboxylic acids is 1. The first kappa shape index (κ1) is 37.2. The lowest BCUT2D eigenvalue weighted by Gasteiger charge is -2.34. The second-order valence-corrected chi connectivity index (χ2v) is 16.1. The summed E-state index contributed by atoms with van der Waals surface area (Å²) in [6.45, 7) is 13.6. The van der Waals surface area contributed by atoms with Crippen LogP contribution in [0.15, 0.2) is 48.7 Å². The van der Waals surface area contributed by atoms with Gasteiger partial charge in [-0.2, -0.15) is 5.10 Å². The summed E-state index contributed by atoms with van der Waals surface area (Å²) in [7, 11) is 1.93. The average Bonchev–Trinajstić information content (AvgIpc) is 3.92. The molecule has 1 saturated heterocycles. The lowest BCUT2D eigenvalue weighted by Crippen LogP contribution is -2.42. The Morgan fingerprint density at radius 1 is 1.04 bits per heavy atom. The number of aromatic nitrogens is 4. The summed E-state index contributed by atoms with van der Waals surface area (Å²) >= 11 is 13.6. The number of amides is 1. The fraction of sp³-hybridized carbons (Fsp3) is 0.372. The number of hydrogen-bond acceptors (Lipinski definition) is 5. The Bertz CT molecular complexity index is 2500. The number of nitrogens with zero attached hydrogens (tertiary/aromatic N) is 5. The third-order valence-electron chi connectivity index (χ3n) is 11.6. The van der Waals surface area contributed by atoms with Crippen molar-refractivity contribution in [2.24, 2.45) is 13.0 Å².